The average Bonchev–Trinajstić information content (AvgIpc) is 4.07. The number of alkyl carbamates (subject to hydrolysis) is 2. The predicted molar refractivity (Wildman–Crippen MR) is 234 cm³/mol. The van der Waals surface area contributed by atoms with Gasteiger partial charge in [-0.05, 0) is 65.2 Å². The molecule has 2 aromatic rings. The molecule has 0 bridgehead atoms. The highest BCUT2D eigenvalue weighted by Gasteiger charge is 2.53. The number of benzene rings is 2. The molecule has 16 nitrogen and oxygen atoms in total. The molecule has 2 aliphatic heterocycles. The number of ether oxygens (including phenoxy) is 4. The lowest BCUT2D eigenvalue weighted by Gasteiger charge is -2.30. The second-order valence-corrected chi connectivity index (χ2v) is 19.0. The van der Waals surface area contributed by atoms with E-state index in [9.17, 15) is 55.9 Å². The third-order valence-electron chi connectivity index (χ3n) is 13.4. The van der Waals surface area contributed by atoms with Gasteiger partial charge in [-0.3, -0.25) is 24.0 Å². The van der Waals surface area contributed by atoms with Crippen molar-refractivity contribution >= 4 is 47.5 Å². The lowest BCUT2D eigenvalue weighted by Crippen LogP contribution is -2.54. The molecule has 2 N–H and O–H groups in total. The Hall–Kier alpha value is -6.08. The second kappa shape index (κ2) is 20.6. The molecule has 2 saturated heterocycles. The molecular formula is C48H58F4N4O12. The number of esters is 2. The quantitative estimate of drug-likeness (QED) is 0.0850. The van der Waals surface area contributed by atoms with Crippen molar-refractivity contribution in [3.05, 3.63) is 58.7 Å². The molecule has 4 atom stereocenters. The minimum Gasteiger partial charge on any atom is -0.457 e. The molecule has 2 aromatic carbocycles. The number of hydrogen-bond donors (Lipinski definition) is 2. The summed E-state index contributed by atoms with van der Waals surface area (Å²) in [5.41, 5.74) is 3.67. The van der Waals surface area contributed by atoms with E-state index in [1.807, 2.05) is 0 Å². The Morgan fingerprint density at radius 3 is 1.78 bits per heavy atom. The van der Waals surface area contributed by atoms with Crippen molar-refractivity contribution in [3.8, 4) is 11.1 Å². The highest BCUT2D eigenvalue weighted by molar-refractivity contribution is 6.01. The molecule has 370 valence electrons. The van der Waals surface area contributed by atoms with Crippen LogP contribution in [0.2, 0.25) is 0 Å². The Labute approximate surface area is 391 Å². The topological polar surface area (TPSA) is 204 Å². The number of fused-ring (bicyclic) bond motifs is 1. The van der Waals surface area contributed by atoms with E-state index in [0.29, 0.717) is 28.9 Å². The first kappa shape index (κ1) is 51.3. The van der Waals surface area contributed by atoms with E-state index in [1.165, 1.54) is 12.1 Å². The second-order valence-electron chi connectivity index (χ2n) is 19.0. The number of methoxy groups -OCH3 is 2. The first-order chi connectivity index (χ1) is 32.0. The van der Waals surface area contributed by atoms with Gasteiger partial charge in [0.25, 0.3) is 11.8 Å². The van der Waals surface area contributed by atoms with Crippen molar-refractivity contribution in [1.82, 2.24) is 20.4 Å². The maximum absolute atomic E-state index is 14.7. The molecule has 2 heterocycles. The Bertz CT molecular complexity index is 2300. The van der Waals surface area contributed by atoms with Crippen LogP contribution in [0.4, 0.5) is 27.2 Å². The van der Waals surface area contributed by atoms with Crippen molar-refractivity contribution in [1.29, 1.82) is 0 Å². The standard InChI is InChI=1S/C48H58F4N4O12/c1-26(2)39(53-44(63)65-5)41(60)55-24-47(49,50)18-30(55)17-38(59)67-23-37(58)32-14-13-31(33-19-46(20-34(32)33)15-7-8-16-46)28-9-11-29(12-10-28)36(57)22-68-43(62)35-21-48(51,52)25-56(35)42(61)40(27(3)4)54-45(64)66-6/h9-14,26-27,30,35,39-40H,7-8,15-25H2,1-6H3,(H,53,63)(H,54,64)/t30-,35+,39+,40+/m1/s1. The van der Waals surface area contributed by atoms with Crippen LogP contribution in [0.5, 0.6) is 0 Å². The van der Waals surface area contributed by atoms with Gasteiger partial charge in [-0.1, -0.05) is 76.9 Å². The van der Waals surface area contributed by atoms with Crippen LogP contribution in [-0.4, -0.2) is 134 Å². The Morgan fingerprint density at radius 1 is 0.676 bits per heavy atom. The molecule has 3 fully saturated rings. The summed E-state index contributed by atoms with van der Waals surface area (Å²) in [6.45, 7) is 2.89. The Balaban J connectivity index is 1.12. The summed E-state index contributed by atoms with van der Waals surface area (Å²) in [6.07, 6.45) is 0.878. The summed E-state index contributed by atoms with van der Waals surface area (Å²) in [7, 11) is 2.18. The molecule has 1 spiro atoms. The van der Waals surface area contributed by atoms with Crippen molar-refractivity contribution in [3.63, 3.8) is 0 Å². The zero-order valence-corrected chi connectivity index (χ0v) is 38.9. The molecule has 0 radical (unpaired) electrons. The number of carbonyl (C=O) groups excluding carboxylic acids is 8. The predicted octanol–water partition coefficient (Wildman–Crippen LogP) is 6.09. The van der Waals surface area contributed by atoms with E-state index < -0.39 is 141 Å². The smallest absolute Gasteiger partial charge is 0.407 e. The number of Topliss-reactive ketones (excluding diaryl/α,β-unsaturated/α-hetero) is 2. The van der Waals surface area contributed by atoms with Gasteiger partial charge in [0.2, 0.25) is 17.6 Å². The number of carbonyl (C=O) groups is 8. The molecule has 4 amide bonds. The van der Waals surface area contributed by atoms with Gasteiger partial charge in [-0.15, -0.1) is 0 Å². The minimum atomic E-state index is -3.43. The number of alkyl halides is 4. The number of nitrogens with one attached hydrogen (secondary N) is 2. The lowest BCUT2D eigenvalue weighted by atomic mass is 9.82. The molecule has 2 aliphatic carbocycles. The molecule has 4 aliphatic rings. The van der Waals surface area contributed by atoms with Crippen LogP contribution < -0.4 is 10.6 Å². The maximum atomic E-state index is 14.7. The summed E-state index contributed by atoms with van der Waals surface area (Å²) in [5, 5.41) is 4.68. The van der Waals surface area contributed by atoms with Crippen molar-refractivity contribution in [2.75, 3.05) is 40.5 Å². The van der Waals surface area contributed by atoms with Crippen LogP contribution in [0.15, 0.2) is 36.4 Å². The van der Waals surface area contributed by atoms with Gasteiger partial charge in [0.15, 0.2) is 19.0 Å². The number of halogens is 4. The summed E-state index contributed by atoms with van der Waals surface area (Å²) in [6, 6.07) is 4.43. The number of amides is 4. The van der Waals surface area contributed by atoms with Crippen LogP contribution in [0, 0.1) is 17.3 Å². The van der Waals surface area contributed by atoms with Gasteiger partial charge in [0, 0.05) is 30.0 Å². The molecular weight excluding hydrogens is 901 g/mol. The number of rotatable bonds is 16. The zero-order valence-electron chi connectivity index (χ0n) is 38.9. The van der Waals surface area contributed by atoms with Crippen molar-refractivity contribution in [2.45, 2.75) is 121 Å². The molecule has 20 heteroatoms. The van der Waals surface area contributed by atoms with Gasteiger partial charge in [0.1, 0.15) is 18.1 Å². The van der Waals surface area contributed by atoms with Crippen LogP contribution in [0.3, 0.4) is 0 Å². The SMILES string of the molecule is COC(=O)N[C@H](C(=O)N1CC(F)(F)C[C@H]1CC(=O)OCC(=O)c1ccc(-c2ccc(C(=O)COC(=O)[C@@H]3CC(F)(F)CN3C(=O)[C@@H](NC(=O)OC)C(C)C)cc2)c2c1CC1(CCCC1)C2)C(C)C. The molecule has 68 heavy (non-hydrogen) atoms. The van der Waals surface area contributed by atoms with Gasteiger partial charge >= 0.3 is 24.1 Å². The highest BCUT2D eigenvalue weighted by atomic mass is 19.3. The molecule has 0 aromatic heterocycles. The van der Waals surface area contributed by atoms with E-state index in [-0.39, 0.29) is 11.0 Å². The third-order valence-corrected chi connectivity index (χ3v) is 13.4. The summed E-state index contributed by atoms with van der Waals surface area (Å²) in [5.74, 6) is -12.8. The number of hydrogen-bond acceptors (Lipinski definition) is 12. The molecule has 1 saturated carbocycles. The highest BCUT2D eigenvalue weighted by Crippen LogP contribution is 2.52. The molecule has 6 rings (SSSR count). The average molecular weight is 959 g/mol. The van der Waals surface area contributed by atoms with Gasteiger partial charge in [0.05, 0.1) is 33.7 Å². The fourth-order valence-corrected chi connectivity index (χ4v) is 9.90. The van der Waals surface area contributed by atoms with E-state index in [1.54, 1.807) is 52.0 Å². The van der Waals surface area contributed by atoms with Crippen molar-refractivity contribution < 1.29 is 74.9 Å². The van der Waals surface area contributed by atoms with Gasteiger partial charge in [-0.25, -0.2) is 31.9 Å². The van der Waals surface area contributed by atoms with E-state index in [2.05, 4.69) is 20.1 Å². The van der Waals surface area contributed by atoms with Gasteiger partial charge < -0.3 is 39.4 Å². The first-order valence-electron chi connectivity index (χ1n) is 22.7. The maximum Gasteiger partial charge on any atom is 0.407 e. The first-order valence-corrected chi connectivity index (χ1v) is 22.7. The number of ketones is 2. The minimum absolute atomic E-state index is 0.0821. The van der Waals surface area contributed by atoms with Crippen LogP contribution in [-0.2, 0) is 51.0 Å². The van der Waals surface area contributed by atoms with E-state index >= 15 is 0 Å². The molecule has 0 unspecified atom stereocenters. The fraction of sp³-hybridized carbons (Fsp3) is 0.583. The van der Waals surface area contributed by atoms with Gasteiger partial charge in [-0.2, -0.15) is 0 Å². The summed E-state index contributed by atoms with van der Waals surface area (Å²) in [4.78, 5) is 105. The Morgan fingerprint density at radius 2 is 1.21 bits per heavy atom. The largest absolute Gasteiger partial charge is 0.457 e. The third kappa shape index (κ3) is 11.6. The monoisotopic (exact) mass is 958 g/mol. The van der Waals surface area contributed by atoms with Crippen LogP contribution in [0.25, 0.3) is 11.1 Å². The normalized spacial score (nSPS) is 20.7. The van der Waals surface area contributed by atoms with E-state index in [4.69, 9.17) is 9.47 Å². The summed E-state index contributed by atoms with van der Waals surface area (Å²) >= 11 is 0. The lowest BCUT2D eigenvalue weighted by molar-refractivity contribution is -0.153. The number of nitrogens with zero attached hydrogens (tertiary/aromatic N) is 2. The fourth-order valence-electron chi connectivity index (χ4n) is 9.90. The van der Waals surface area contributed by atoms with Crippen LogP contribution in [0.1, 0.15) is 104 Å². The summed E-state index contributed by atoms with van der Waals surface area (Å²) < 4.78 is 78.3. The zero-order chi connectivity index (χ0) is 49.9. The van der Waals surface area contributed by atoms with Crippen molar-refractivity contribution in [2.24, 2.45) is 17.3 Å². The van der Waals surface area contributed by atoms with Crippen LogP contribution >= 0.6 is 0 Å². The number of likely N-dealkylation sites (tertiary alicyclic amines) is 2. The Kier molecular flexibility index (Phi) is 15.6. The van der Waals surface area contributed by atoms with E-state index in [0.717, 1.165) is 61.5 Å².